The fourth-order valence-electron chi connectivity index (χ4n) is 2.66. The van der Waals surface area contributed by atoms with Crippen LogP contribution in [0.15, 0.2) is 0 Å². The van der Waals surface area contributed by atoms with Crippen LogP contribution in [0.5, 0.6) is 0 Å². The van der Waals surface area contributed by atoms with Gasteiger partial charge in [0.2, 0.25) is 5.91 Å². The van der Waals surface area contributed by atoms with Crippen molar-refractivity contribution in [3.05, 3.63) is 0 Å². The van der Waals surface area contributed by atoms with E-state index in [-0.39, 0.29) is 12.2 Å². The van der Waals surface area contributed by atoms with Gasteiger partial charge in [-0.2, -0.15) is 0 Å². The van der Waals surface area contributed by atoms with Gasteiger partial charge in [0, 0.05) is 6.54 Å². The average Bonchev–Trinajstić information content (AvgIpc) is 2.61. The van der Waals surface area contributed by atoms with Crippen molar-refractivity contribution in [1.29, 1.82) is 0 Å². The van der Waals surface area contributed by atoms with Crippen molar-refractivity contribution in [2.75, 3.05) is 6.54 Å². The molecule has 2 unspecified atom stereocenters. The predicted molar refractivity (Wildman–Crippen MR) is 76.3 cm³/mol. The SMILES string of the molecule is CCCCCCN1C(=O)C(CC)NC1CC(C)C. The molecule has 2 atom stereocenters. The summed E-state index contributed by atoms with van der Waals surface area (Å²) in [7, 11) is 0. The minimum atomic E-state index is 0.0555. The number of nitrogens with one attached hydrogen (secondary N) is 1. The minimum absolute atomic E-state index is 0.0555. The molecule has 106 valence electrons. The lowest BCUT2D eigenvalue weighted by atomic mass is 10.1. The van der Waals surface area contributed by atoms with E-state index >= 15 is 0 Å². The van der Waals surface area contributed by atoms with Gasteiger partial charge < -0.3 is 4.90 Å². The minimum Gasteiger partial charge on any atom is -0.326 e. The monoisotopic (exact) mass is 254 g/mol. The first-order valence-corrected chi connectivity index (χ1v) is 7.66. The Balaban J connectivity index is 2.49. The third-order valence-electron chi connectivity index (χ3n) is 3.71. The summed E-state index contributed by atoms with van der Waals surface area (Å²) in [6, 6.07) is 0.0555. The molecular weight excluding hydrogens is 224 g/mol. The van der Waals surface area contributed by atoms with Gasteiger partial charge in [-0.15, -0.1) is 0 Å². The lowest BCUT2D eigenvalue weighted by Crippen LogP contribution is -2.39. The fraction of sp³-hybridized carbons (Fsp3) is 0.933. The Kier molecular flexibility index (Phi) is 6.69. The van der Waals surface area contributed by atoms with Crippen LogP contribution in [0.4, 0.5) is 0 Å². The highest BCUT2D eigenvalue weighted by molar-refractivity contribution is 5.84. The Labute approximate surface area is 112 Å². The van der Waals surface area contributed by atoms with Crippen molar-refractivity contribution in [2.24, 2.45) is 5.92 Å². The third-order valence-corrected chi connectivity index (χ3v) is 3.71. The Morgan fingerprint density at radius 2 is 1.94 bits per heavy atom. The molecule has 0 aromatic rings. The highest BCUT2D eigenvalue weighted by Crippen LogP contribution is 2.20. The highest BCUT2D eigenvalue weighted by atomic mass is 16.2. The molecule has 3 nitrogen and oxygen atoms in total. The van der Waals surface area contributed by atoms with Crippen LogP contribution in [0.3, 0.4) is 0 Å². The molecule has 18 heavy (non-hydrogen) atoms. The van der Waals surface area contributed by atoms with E-state index in [9.17, 15) is 4.79 Å². The summed E-state index contributed by atoms with van der Waals surface area (Å²) in [6.45, 7) is 9.68. The van der Waals surface area contributed by atoms with Gasteiger partial charge >= 0.3 is 0 Å². The second kappa shape index (κ2) is 7.78. The molecule has 1 saturated heterocycles. The number of rotatable bonds is 8. The van der Waals surface area contributed by atoms with Gasteiger partial charge in [0.15, 0.2) is 0 Å². The van der Waals surface area contributed by atoms with Gasteiger partial charge in [0.05, 0.1) is 12.2 Å². The number of nitrogens with zero attached hydrogens (tertiary/aromatic N) is 1. The molecule has 0 aromatic carbocycles. The van der Waals surface area contributed by atoms with Crippen LogP contribution >= 0.6 is 0 Å². The molecular formula is C15H30N2O. The maximum Gasteiger partial charge on any atom is 0.241 e. The summed E-state index contributed by atoms with van der Waals surface area (Å²) >= 11 is 0. The number of carbonyl (C=O) groups is 1. The Bertz CT molecular complexity index is 253. The Hall–Kier alpha value is -0.570. The quantitative estimate of drug-likeness (QED) is 0.675. The zero-order valence-corrected chi connectivity index (χ0v) is 12.5. The summed E-state index contributed by atoms with van der Waals surface area (Å²) < 4.78 is 0. The summed E-state index contributed by atoms with van der Waals surface area (Å²) in [6.07, 6.45) is 7.15. The molecule has 0 aliphatic carbocycles. The number of hydrogen-bond donors (Lipinski definition) is 1. The van der Waals surface area contributed by atoms with Crippen molar-refractivity contribution >= 4 is 5.91 Å². The Morgan fingerprint density at radius 3 is 2.50 bits per heavy atom. The summed E-state index contributed by atoms with van der Waals surface area (Å²) in [5, 5.41) is 3.49. The lowest BCUT2D eigenvalue weighted by molar-refractivity contribution is -0.130. The van der Waals surface area contributed by atoms with Crippen LogP contribution in [-0.4, -0.2) is 29.6 Å². The maximum absolute atomic E-state index is 12.3. The first kappa shape index (κ1) is 15.5. The number of unbranched alkanes of at least 4 members (excludes halogenated alkanes) is 3. The van der Waals surface area contributed by atoms with Crippen LogP contribution in [0.2, 0.25) is 0 Å². The Morgan fingerprint density at radius 1 is 1.22 bits per heavy atom. The molecule has 0 radical (unpaired) electrons. The lowest BCUT2D eigenvalue weighted by Gasteiger charge is -2.25. The van der Waals surface area contributed by atoms with Crippen LogP contribution in [-0.2, 0) is 4.79 Å². The van der Waals surface area contributed by atoms with E-state index in [0.29, 0.717) is 11.8 Å². The van der Waals surface area contributed by atoms with Crippen LogP contribution in [0, 0.1) is 5.92 Å². The number of hydrogen-bond acceptors (Lipinski definition) is 2. The zero-order chi connectivity index (χ0) is 13.5. The van der Waals surface area contributed by atoms with E-state index < -0.39 is 0 Å². The summed E-state index contributed by atoms with van der Waals surface area (Å²) in [5.41, 5.74) is 0. The van der Waals surface area contributed by atoms with E-state index in [1.54, 1.807) is 0 Å². The predicted octanol–water partition coefficient (Wildman–Crippen LogP) is 3.15. The molecule has 0 saturated carbocycles. The van der Waals surface area contributed by atoms with E-state index in [4.69, 9.17) is 0 Å². The molecule has 0 bridgehead atoms. The standard InChI is InChI=1S/C15H30N2O/c1-5-7-8-9-10-17-14(11-12(3)4)16-13(6-2)15(17)18/h12-14,16H,5-11H2,1-4H3. The van der Waals surface area contributed by atoms with Gasteiger partial charge in [-0.05, 0) is 25.2 Å². The third kappa shape index (κ3) is 4.27. The molecule has 1 fully saturated rings. The van der Waals surface area contributed by atoms with Gasteiger partial charge in [0.1, 0.15) is 0 Å². The van der Waals surface area contributed by atoms with Gasteiger partial charge in [-0.3, -0.25) is 10.1 Å². The smallest absolute Gasteiger partial charge is 0.241 e. The molecule has 0 spiro atoms. The van der Waals surface area contributed by atoms with Crippen LogP contribution < -0.4 is 5.32 Å². The molecule has 3 heteroatoms. The second-order valence-electron chi connectivity index (χ2n) is 5.87. The molecule has 1 heterocycles. The largest absolute Gasteiger partial charge is 0.326 e. The zero-order valence-electron chi connectivity index (χ0n) is 12.5. The van der Waals surface area contributed by atoms with Crippen LogP contribution in [0.1, 0.15) is 66.2 Å². The van der Waals surface area contributed by atoms with E-state index in [2.05, 4.69) is 37.9 Å². The summed E-state index contributed by atoms with van der Waals surface area (Å²) in [5.74, 6) is 0.948. The van der Waals surface area contributed by atoms with E-state index in [1.165, 1.54) is 19.3 Å². The first-order chi connectivity index (χ1) is 8.60. The maximum atomic E-state index is 12.3. The molecule has 0 aromatic heterocycles. The van der Waals surface area contributed by atoms with Gasteiger partial charge in [-0.25, -0.2) is 0 Å². The summed E-state index contributed by atoms with van der Waals surface area (Å²) in [4.78, 5) is 14.3. The molecule has 1 amide bonds. The van der Waals surface area contributed by atoms with E-state index in [1.807, 2.05) is 0 Å². The fourth-order valence-corrected chi connectivity index (χ4v) is 2.66. The van der Waals surface area contributed by atoms with Gasteiger partial charge in [-0.1, -0.05) is 47.0 Å². The van der Waals surface area contributed by atoms with Crippen molar-refractivity contribution in [3.63, 3.8) is 0 Å². The molecule has 1 rings (SSSR count). The van der Waals surface area contributed by atoms with Crippen molar-refractivity contribution in [1.82, 2.24) is 10.2 Å². The van der Waals surface area contributed by atoms with Gasteiger partial charge in [0.25, 0.3) is 0 Å². The highest BCUT2D eigenvalue weighted by Gasteiger charge is 2.37. The molecule has 1 N–H and O–H groups in total. The van der Waals surface area contributed by atoms with Crippen molar-refractivity contribution in [3.8, 4) is 0 Å². The van der Waals surface area contributed by atoms with Crippen molar-refractivity contribution < 1.29 is 4.79 Å². The molecule has 1 aliphatic rings. The average molecular weight is 254 g/mol. The molecule has 1 aliphatic heterocycles. The number of carbonyl (C=O) groups excluding carboxylic acids is 1. The van der Waals surface area contributed by atoms with Crippen LogP contribution in [0.25, 0.3) is 0 Å². The normalized spacial score (nSPS) is 24.3. The number of amides is 1. The second-order valence-corrected chi connectivity index (χ2v) is 5.87. The first-order valence-electron chi connectivity index (χ1n) is 7.66. The topological polar surface area (TPSA) is 32.3 Å². The van der Waals surface area contributed by atoms with E-state index in [0.717, 1.165) is 25.8 Å². The van der Waals surface area contributed by atoms with Crippen molar-refractivity contribution in [2.45, 2.75) is 78.4 Å².